The van der Waals surface area contributed by atoms with E-state index in [0.717, 1.165) is 12.8 Å². The molecule has 1 heterocycles. The van der Waals surface area contributed by atoms with E-state index in [2.05, 4.69) is 5.32 Å². The molecule has 5 nitrogen and oxygen atoms in total. The molecule has 1 saturated heterocycles. The number of hydrogen-bond acceptors (Lipinski definition) is 3. The van der Waals surface area contributed by atoms with Crippen molar-refractivity contribution >= 4 is 11.8 Å². The van der Waals surface area contributed by atoms with E-state index in [4.69, 9.17) is 4.74 Å². The van der Waals surface area contributed by atoms with Gasteiger partial charge in [0, 0.05) is 20.3 Å². The van der Waals surface area contributed by atoms with E-state index in [9.17, 15) is 9.59 Å². The SMILES string of the molecule is CCC(C)C1C(=O)NCC(=O)N1CCCOC. The zero-order chi connectivity index (χ0) is 12.8. The van der Waals surface area contributed by atoms with Crippen LogP contribution in [0.2, 0.25) is 0 Å². The molecule has 1 fully saturated rings. The number of carbonyl (C=O) groups excluding carboxylic acids is 2. The molecule has 0 bridgehead atoms. The Hall–Kier alpha value is -1.10. The van der Waals surface area contributed by atoms with E-state index in [-0.39, 0.29) is 30.3 Å². The monoisotopic (exact) mass is 242 g/mol. The Labute approximate surface area is 102 Å². The highest BCUT2D eigenvalue weighted by molar-refractivity contribution is 5.94. The molecule has 5 heteroatoms. The maximum atomic E-state index is 11.8. The molecule has 98 valence electrons. The Morgan fingerprint density at radius 2 is 2.24 bits per heavy atom. The minimum Gasteiger partial charge on any atom is -0.385 e. The maximum Gasteiger partial charge on any atom is 0.243 e. The second-order valence-corrected chi connectivity index (χ2v) is 4.48. The van der Waals surface area contributed by atoms with Gasteiger partial charge in [-0.25, -0.2) is 0 Å². The van der Waals surface area contributed by atoms with Crippen LogP contribution < -0.4 is 5.32 Å². The third kappa shape index (κ3) is 3.43. The third-order valence-electron chi connectivity index (χ3n) is 3.27. The van der Waals surface area contributed by atoms with Crippen LogP contribution in [0.5, 0.6) is 0 Å². The van der Waals surface area contributed by atoms with Gasteiger partial charge in [0.1, 0.15) is 6.04 Å². The van der Waals surface area contributed by atoms with Gasteiger partial charge in [-0.05, 0) is 12.3 Å². The number of methoxy groups -OCH3 is 1. The molecule has 0 radical (unpaired) electrons. The van der Waals surface area contributed by atoms with Gasteiger partial charge in [-0.2, -0.15) is 0 Å². The minimum absolute atomic E-state index is 0.00556. The van der Waals surface area contributed by atoms with Crippen LogP contribution in [0.25, 0.3) is 0 Å². The highest BCUT2D eigenvalue weighted by atomic mass is 16.5. The average Bonchev–Trinajstić information content (AvgIpc) is 2.33. The Bertz CT molecular complexity index is 281. The summed E-state index contributed by atoms with van der Waals surface area (Å²) in [4.78, 5) is 25.4. The van der Waals surface area contributed by atoms with Crippen molar-refractivity contribution in [3.63, 3.8) is 0 Å². The number of carbonyl (C=O) groups is 2. The summed E-state index contributed by atoms with van der Waals surface area (Å²) >= 11 is 0. The van der Waals surface area contributed by atoms with Crippen molar-refractivity contribution in [2.75, 3.05) is 26.8 Å². The quantitative estimate of drug-likeness (QED) is 0.686. The van der Waals surface area contributed by atoms with Crippen molar-refractivity contribution < 1.29 is 14.3 Å². The highest BCUT2D eigenvalue weighted by Gasteiger charge is 2.36. The fourth-order valence-corrected chi connectivity index (χ4v) is 2.10. The molecule has 0 spiro atoms. The first-order valence-corrected chi connectivity index (χ1v) is 6.18. The lowest BCUT2D eigenvalue weighted by Gasteiger charge is -2.38. The van der Waals surface area contributed by atoms with Crippen molar-refractivity contribution in [3.05, 3.63) is 0 Å². The van der Waals surface area contributed by atoms with Crippen LogP contribution in [-0.2, 0) is 14.3 Å². The zero-order valence-electron chi connectivity index (χ0n) is 10.9. The smallest absolute Gasteiger partial charge is 0.243 e. The number of piperazine rings is 1. The van der Waals surface area contributed by atoms with E-state index in [1.54, 1.807) is 12.0 Å². The Morgan fingerprint density at radius 1 is 1.53 bits per heavy atom. The summed E-state index contributed by atoms with van der Waals surface area (Å²) in [6.07, 6.45) is 1.65. The predicted octanol–water partition coefficient (Wildman–Crippen LogP) is 0.396. The topological polar surface area (TPSA) is 58.6 Å². The summed E-state index contributed by atoms with van der Waals surface area (Å²) in [5.74, 6) is 0.157. The fourth-order valence-electron chi connectivity index (χ4n) is 2.10. The molecule has 0 aromatic heterocycles. The molecule has 17 heavy (non-hydrogen) atoms. The first-order valence-electron chi connectivity index (χ1n) is 6.18. The third-order valence-corrected chi connectivity index (χ3v) is 3.27. The minimum atomic E-state index is -0.321. The number of rotatable bonds is 6. The molecule has 1 aliphatic heterocycles. The first kappa shape index (κ1) is 14.0. The molecule has 2 unspecified atom stereocenters. The molecule has 1 N–H and O–H groups in total. The van der Waals surface area contributed by atoms with Crippen LogP contribution in [0.15, 0.2) is 0 Å². The molecule has 0 aliphatic carbocycles. The van der Waals surface area contributed by atoms with Crippen LogP contribution in [0.3, 0.4) is 0 Å². The molecule has 0 aromatic carbocycles. The number of hydrogen-bond donors (Lipinski definition) is 1. The van der Waals surface area contributed by atoms with Crippen molar-refractivity contribution in [2.24, 2.45) is 5.92 Å². The second-order valence-electron chi connectivity index (χ2n) is 4.48. The number of nitrogens with one attached hydrogen (secondary N) is 1. The lowest BCUT2D eigenvalue weighted by molar-refractivity contribution is -0.147. The van der Waals surface area contributed by atoms with Gasteiger partial charge in [-0.1, -0.05) is 20.3 Å². The second kappa shape index (κ2) is 6.59. The standard InChI is InChI=1S/C12H22N2O3/c1-4-9(2)11-12(16)13-8-10(15)14(11)6-5-7-17-3/h9,11H,4-8H2,1-3H3,(H,13,16). The number of ether oxygens (including phenoxy) is 1. The van der Waals surface area contributed by atoms with E-state index in [0.29, 0.717) is 13.2 Å². The van der Waals surface area contributed by atoms with E-state index in [1.165, 1.54) is 0 Å². The van der Waals surface area contributed by atoms with Gasteiger partial charge >= 0.3 is 0 Å². The van der Waals surface area contributed by atoms with Gasteiger partial charge in [-0.3, -0.25) is 9.59 Å². The van der Waals surface area contributed by atoms with E-state index < -0.39 is 0 Å². The lowest BCUT2D eigenvalue weighted by Crippen LogP contribution is -2.60. The highest BCUT2D eigenvalue weighted by Crippen LogP contribution is 2.18. The van der Waals surface area contributed by atoms with E-state index in [1.807, 2.05) is 13.8 Å². The Kier molecular flexibility index (Phi) is 5.41. The molecule has 1 rings (SSSR count). The fraction of sp³-hybridized carbons (Fsp3) is 0.833. The zero-order valence-corrected chi connectivity index (χ0v) is 10.9. The molecular weight excluding hydrogens is 220 g/mol. The number of nitrogens with zero attached hydrogens (tertiary/aromatic N) is 1. The Morgan fingerprint density at radius 3 is 2.82 bits per heavy atom. The van der Waals surface area contributed by atoms with Crippen LogP contribution >= 0.6 is 0 Å². The van der Waals surface area contributed by atoms with Crippen molar-refractivity contribution in [1.29, 1.82) is 0 Å². The van der Waals surface area contributed by atoms with Crippen LogP contribution in [0.4, 0.5) is 0 Å². The van der Waals surface area contributed by atoms with E-state index >= 15 is 0 Å². The molecule has 0 aromatic rings. The van der Waals surface area contributed by atoms with Crippen molar-refractivity contribution in [1.82, 2.24) is 10.2 Å². The van der Waals surface area contributed by atoms with Gasteiger partial charge in [-0.15, -0.1) is 0 Å². The predicted molar refractivity (Wildman–Crippen MR) is 64.5 cm³/mol. The van der Waals surface area contributed by atoms with Crippen molar-refractivity contribution in [2.45, 2.75) is 32.7 Å². The molecule has 2 amide bonds. The van der Waals surface area contributed by atoms with Crippen LogP contribution in [-0.4, -0.2) is 49.6 Å². The maximum absolute atomic E-state index is 11.8. The summed E-state index contributed by atoms with van der Waals surface area (Å²) in [7, 11) is 1.64. The summed E-state index contributed by atoms with van der Waals surface area (Å²) in [6.45, 7) is 5.36. The van der Waals surface area contributed by atoms with Crippen molar-refractivity contribution in [3.8, 4) is 0 Å². The normalized spacial score (nSPS) is 22.5. The van der Waals surface area contributed by atoms with Gasteiger partial charge in [0.05, 0.1) is 6.54 Å². The average molecular weight is 242 g/mol. The van der Waals surface area contributed by atoms with Gasteiger partial charge in [0.15, 0.2) is 0 Å². The van der Waals surface area contributed by atoms with Gasteiger partial charge in [0.2, 0.25) is 11.8 Å². The van der Waals surface area contributed by atoms with Gasteiger partial charge < -0.3 is 15.0 Å². The first-order chi connectivity index (χ1) is 8.11. The summed E-state index contributed by atoms with van der Waals surface area (Å²) in [6, 6.07) is -0.321. The molecule has 1 aliphatic rings. The molecule has 0 saturated carbocycles. The molecular formula is C12H22N2O3. The summed E-state index contributed by atoms with van der Waals surface area (Å²) in [5, 5.41) is 2.66. The van der Waals surface area contributed by atoms with Crippen LogP contribution in [0, 0.1) is 5.92 Å². The van der Waals surface area contributed by atoms with Gasteiger partial charge in [0.25, 0.3) is 0 Å². The Balaban J connectivity index is 2.69. The lowest BCUT2D eigenvalue weighted by atomic mass is 9.95. The number of amides is 2. The summed E-state index contributed by atoms with van der Waals surface area (Å²) < 4.78 is 4.98. The largest absolute Gasteiger partial charge is 0.385 e. The summed E-state index contributed by atoms with van der Waals surface area (Å²) in [5.41, 5.74) is 0. The van der Waals surface area contributed by atoms with Crippen LogP contribution in [0.1, 0.15) is 26.7 Å². The molecule has 2 atom stereocenters.